The molecule has 8 nitrogen and oxygen atoms in total. The van der Waals surface area contributed by atoms with E-state index in [-0.39, 0.29) is 37.4 Å². The topological polar surface area (TPSA) is 109 Å². The zero-order valence-corrected chi connectivity index (χ0v) is 21.7. The normalized spacial score (nSPS) is 14.7. The van der Waals surface area contributed by atoms with Crippen LogP contribution >= 0.6 is 0 Å². The summed E-state index contributed by atoms with van der Waals surface area (Å²) < 4.78 is 75.2. The molecule has 42 heavy (non-hydrogen) atoms. The predicted molar refractivity (Wildman–Crippen MR) is 138 cm³/mol. The molecule has 4 rings (SSSR count). The highest BCUT2D eigenvalue weighted by Crippen LogP contribution is 2.29. The Balaban J connectivity index is 1.40. The highest BCUT2D eigenvalue weighted by molar-refractivity contribution is 5.99. The lowest BCUT2D eigenvalue weighted by Gasteiger charge is -2.23. The number of anilines is 1. The van der Waals surface area contributed by atoms with Crippen LogP contribution in [0.5, 0.6) is 5.75 Å². The molecule has 0 aliphatic carbocycles. The van der Waals surface area contributed by atoms with Crippen molar-refractivity contribution in [3.05, 3.63) is 83.4 Å². The summed E-state index contributed by atoms with van der Waals surface area (Å²) in [5.74, 6) is -6.43. The van der Waals surface area contributed by atoms with Gasteiger partial charge in [0.2, 0.25) is 0 Å². The van der Waals surface area contributed by atoms with E-state index in [1.165, 1.54) is 18.2 Å². The highest BCUT2D eigenvalue weighted by atomic mass is 19.4. The number of alkyl halides is 3. The van der Waals surface area contributed by atoms with Crippen LogP contribution in [0.25, 0.3) is 11.1 Å². The minimum absolute atomic E-state index is 0.0272. The van der Waals surface area contributed by atoms with Gasteiger partial charge in [0.1, 0.15) is 24.9 Å². The molecule has 1 amide bonds. The molecule has 218 valence electrons. The van der Waals surface area contributed by atoms with Gasteiger partial charge in [-0.3, -0.25) is 4.79 Å². The number of ether oxygens (including phenoxy) is 2. The molecule has 0 saturated carbocycles. The van der Waals surface area contributed by atoms with Crippen LogP contribution in [0.15, 0.2) is 60.7 Å². The molecule has 0 unspecified atom stereocenters. The minimum Gasteiger partial charge on any atom is -0.489 e. The van der Waals surface area contributed by atoms with Crippen LogP contribution < -0.4 is 10.1 Å². The van der Waals surface area contributed by atoms with Gasteiger partial charge < -0.3 is 19.7 Å². The standard InChI is InChI=1S/C29H22F5N3O5/c30-22-14-20(15-23(25(22)31)36-11-10-35)18-6-8-21(9-7-18)41-16-17-3-1-4-19(13-17)26(38)37-12-2-5-24(37)27(39)42-28(40)29(32,33)34/h1,3-4,6-9,13-15,24,36H,2,5,11-12,16H2/t24-/m0/s1. The van der Waals surface area contributed by atoms with Gasteiger partial charge in [0.05, 0.1) is 11.8 Å². The second-order valence-electron chi connectivity index (χ2n) is 9.21. The zero-order valence-electron chi connectivity index (χ0n) is 21.7. The van der Waals surface area contributed by atoms with Crippen LogP contribution in [-0.2, 0) is 20.9 Å². The molecule has 3 aromatic rings. The van der Waals surface area contributed by atoms with Gasteiger partial charge in [0.15, 0.2) is 11.6 Å². The lowest BCUT2D eigenvalue weighted by molar-refractivity contribution is -0.203. The Hall–Kier alpha value is -4.99. The van der Waals surface area contributed by atoms with Crippen LogP contribution in [0.4, 0.5) is 27.6 Å². The fourth-order valence-corrected chi connectivity index (χ4v) is 4.36. The Morgan fingerprint density at radius 3 is 2.45 bits per heavy atom. The SMILES string of the molecule is N#CCNc1cc(-c2ccc(OCc3cccc(C(=O)N4CCC[C@H]4C(=O)OC(=O)C(F)(F)F)c3)cc2)cc(F)c1F. The summed E-state index contributed by atoms with van der Waals surface area (Å²) in [5, 5.41) is 11.2. The summed E-state index contributed by atoms with van der Waals surface area (Å²) in [4.78, 5) is 37.4. The molecule has 1 aliphatic rings. The van der Waals surface area contributed by atoms with Gasteiger partial charge in [0.25, 0.3) is 5.91 Å². The van der Waals surface area contributed by atoms with Gasteiger partial charge in [-0.2, -0.15) is 18.4 Å². The third kappa shape index (κ3) is 7.01. The van der Waals surface area contributed by atoms with Gasteiger partial charge in [-0.1, -0.05) is 24.3 Å². The molecule has 1 atom stereocenters. The van der Waals surface area contributed by atoms with Crippen molar-refractivity contribution in [2.45, 2.75) is 31.7 Å². The van der Waals surface area contributed by atoms with Crippen LogP contribution in [0.1, 0.15) is 28.8 Å². The lowest BCUT2D eigenvalue weighted by Crippen LogP contribution is -2.43. The van der Waals surface area contributed by atoms with Gasteiger partial charge >= 0.3 is 18.1 Å². The molecule has 1 fully saturated rings. The molecule has 1 N–H and O–H groups in total. The third-order valence-electron chi connectivity index (χ3n) is 6.36. The number of esters is 2. The Labute approximate surface area is 236 Å². The molecule has 1 aliphatic heterocycles. The van der Waals surface area contributed by atoms with Crippen LogP contribution in [-0.4, -0.2) is 48.1 Å². The van der Waals surface area contributed by atoms with E-state index in [2.05, 4.69) is 10.1 Å². The fraction of sp³-hybridized carbons (Fsp3) is 0.241. The van der Waals surface area contributed by atoms with Gasteiger partial charge in [-0.05, 0) is 65.9 Å². The summed E-state index contributed by atoms with van der Waals surface area (Å²) in [7, 11) is 0. The molecule has 0 aromatic heterocycles. The van der Waals surface area contributed by atoms with Crippen molar-refractivity contribution in [1.29, 1.82) is 5.26 Å². The average molecular weight is 588 g/mol. The van der Waals surface area contributed by atoms with E-state index in [0.717, 1.165) is 11.0 Å². The quantitative estimate of drug-likeness (QED) is 0.163. The molecule has 0 spiro atoms. The molecule has 3 aromatic carbocycles. The van der Waals surface area contributed by atoms with Gasteiger partial charge in [0, 0.05) is 12.1 Å². The molecule has 0 radical (unpaired) electrons. The smallest absolute Gasteiger partial charge is 0.489 e. The Morgan fingerprint density at radius 1 is 1.02 bits per heavy atom. The monoisotopic (exact) mass is 587 g/mol. The van der Waals surface area contributed by atoms with Crippen LogP contribution in [0.3, 0.4) is 0 Å². The van der Waals surface area contributed by atoms with E-state index in [1.807, 2.05) is 0 Å². The first-order chi connectivity index (χ1) is 20.0. The summed E-state index contributed by atoms with van der Waals surface area (Å²) >= 11 is 0. The predicted octanol–water partition coefficient (Wildman–Crippen LogP) is 5.38. The lowest BCUT2D eigenvalue weighted by atomic mass is 10.0. The summed E-state index contributed by atoms with van der Waals surface area (Å²) in [6.07, 6.45) is -4.94. The number of nitrogens with one attached hydrogen (secondary N) is 1. The van der Waals surface area contributed by atoms with E-state index in [4.69, 9.17) is 10.00 Å². The summed E-state index contributed by atoms with van der Waals surface area (Å²) in [5.41, 5.74) is 1.52. The number of halogens is 5. The summed E-state index contributed by atoms with van der Waals surface area (Å²) in [6, 6.07) is 15.6. The van der Waals surface area contributed by atoms with E-state index in [9.17, 15) is 36.3 Å². The number of benzene rings is 3. The maximum atomic E-state index is 14.1. The number of carbonyl (C=O) groups excluding carboxylic acids is 3. The molecular formula is C29H22F5N3O5. The number of amides is 1. The number of nitrogens with zero attached hydrogens (tertiary/aromatic N) is 2. The second kappa shape index (κ2) is 12.7. The number of nitriles is 1. The van der Waals surface area contributed by atoms with Gasteiger partial charge in [-0.15, -0.1) is 0 Å². The number of carbonyl (C=O) groups is 3. The number of hydrogen-bond donors (Lipinski definition) is 1. The average Bonchev–Trinajstić information content (AvgIpc) is 3.46. The van der Waals surface area contributed by atoms with Gasteiger partial charge in [-0.25, -0.2) is 18.4 Å². The van der Waals surface area contributed by atoms with E-state index >= 15 is 0 Å². The molecule has 1 heterocycles. The number of hydrogen-bond acceptors (Lipinski definition) is 7. The number of likely N-dealkylation sites (tertiary alicyclic amines) is 1. The molecule has 13 heteroatoms. The van der Waals surface area contributed by atoms with E-state index in [0.29, 0.717) is 28.9 Å². The molecule has 0 bridgehead atoms. The molecule has 1 saturated heterocycles. The van der Waals surface area contributed by atoms with Crippen molar-refractivity contribution >= 4 is 23.5 Å². The Morgan fingerprint density at radius 2 is 1.76 bits per heavy atom. The fourth-order valence-electron chi connectivity index (χ4n) is 4.36. The van der Waals surface area contributed by atoms with E-state index in [1.54, 1.807) is 42.5 Å². The first-order valence-corrected chi connectivity index (χ1v) is 12.5. The maximum Gasteiger partial charge on any atom is 0.491 e. The van der Waals surface area contributed by atoms with Crippen molar-refractivity contribution in [3.63, 3.8) is 0 Å². The number of rotatable bonds is 8. The van der Waals surface area contributed by atoms with Crippen LogP contribution in [0.2, 0.25) is 0 Å². The Bertz CT molecular complexity index is 1540. The Kier molecular flexibility index (Phi) is 9.05. The third-order valence-corrected chi connectivity index (χ3v) is 6.36. The van der Waals surface area contributed by atoms with Crippen molar-refractivity contribution in [2.24, 2.45) is 0 Å². The molecular weight excluding hydrogens is 565 g/mol. The van der Waals surface area contributed by atoms with E-state index < -0.39 is 41.7 Å². The van der Waals surface area contributed by atoms with Crippen LogP contribution in [0, 0.1) is 23.0 Å². The van der Waals surface area contributed by atoms with Crippen molar-refractivity contribution in [2.75, 3.05) is 18.4 Å². The second-order valence-corrected chi connectivity index (χ2v) is 9.21. The first kappa shape index (κ1) is 30.0. The van der Waals surface area contributed by atoms with Crippen molar-refractivity contribution in [3.8, 4) is 22.9 Å². The largest absolute Gasteiger partial charge is 0.491 e. The zero-order chi connectivity index (χ0) is 30.4. The minimum atomic E-state index is -5.34. The van der Waals surface area contributed by atoms with Crippen molar-refractivity contribution < 1.29 is 45.8 Å². The highest BCUT2D eigenvalue weighted by Gasteiger charge is 2.45. The van der Waals surface area contributed by atoms with Crippen molar-refractivity contribution in [1.82, 2.24) is 4.90 Å². The summed E-state index contributed by atoms with van der Waals surface area (Å²) in [6.45, 7) is -0.0767. The maximum absolute atomic E-state index is 14.1. The first-order valence-electron chi connectivity index (χ1n) is 12.5.